The number of anilines is 1. The lowest BCUT2D eigenvalue weighted by atomic mass is 10.2. The maximum absolute atomic E-state index is 13.4. The Morgan fingerprint density at radius 1 is 1.07 bits per heavy atom. The van der Waals surface area contributed by atoms with Crippen LogP contribution in [0.5, 0.6) is 0 Å². The van der Waals surface area contributed by atoms with E-state index in [0.717, 1.165) is 6.07 Å². The van der Waals surface area contributed by atoms with Crippen molar-refractivity contribution < 1.29 is 30.5 Å². The van der Waals surface area contributed by atoms with Crippen LogP contribution >= 0.6 is 0 Å². The van der Waals surface area contributed by atoms with E-state index in [1.165, 1.54) is 24.3 Å². The Kier molecular flexibility index (Phi) is 5.35. The first-order chi connectivity index (χ1) is 13.5. The summed E-state index contributed by atoms with van der Waals surface area (Å²) in [6, 6.07) is 7.27. The van der Waals surface area contributed by atoms with Gasteiger partial charge in [0.05, 0.1) is 10.5 Å². The second-order valence-corrected chi connectivity index (χ2v) is 8.12. The first-order valence-electron chi connectivity index (χ1n) is 8.31. The van der Waals surface area contributed by atoms with Gasteiger partial charge in [-0.1, -0.05) is 19.0 Å². The Morgan fingerprint density at radius 2 is 1.72 bits per heavy atom. The van der Waals surface area contributed by atoms with Crippen LogP contribution in [0.15, 0.2) is 51.9 Å². The van der Waals surface area contributed by atoms with Gasteiger partial charge in [-0.15, -0.1) is 0 Å². The summed E-state index contributed by atoms with van der Waals surface area (Å²) in [6.07, 6.45) is -5.02. The number of hydrogen-bond acceptors (Lipinski definition) is 5. The zero-order valence-electron chi connectivity index (χ0n) is 15.2. The zero-order valence-corrected chi connectivity index (χ0v) is 16.0. The molecule has 0 aliphatic heterocycles. The number of alkyl halides is 3. The molecule has 0 spiro atoms. The fourth-order valence-electron chi connectivity index (χ4n) is 2.37. The van der Waals surface area contributed by atoms with E-state index >= 15 is 0 Å². The number of aromatic nitrogens is 2. The summed E-state index contributed by atoms with van der Waals surface area (Å²) < 4.78 is 83.9. The molecule has 0 bridgehead atoms. The minimum Gasteiger partial charge on any atom is -0.334 e. The number of rotatable bonds is 5. The molecule has 0 aliphatic rings. The molecule has 3 rings (SSSR count). The monoisotopic (exact) mass is 429 g/mol. The van der Waals surface area contributed by atoms with Crippen LogP contribution < -0.4 is 4.72 Å². The molecule has 1 heterocycles. The molecule has 29 heavy (non-hydrogen) atoms. The normalized spacial score (nSPS) is 12.4. The molecule has 0 unspecified atom stereocenters. The van der Waals surface area contributed by atoms with Crippen LogP contribution in [-0.2, 0) is 16.2 Å². The number of hydrogen-bond donors (Lipinski definition) is 1. The fourth-order valence-corrected chi connectivity index (χ4v) is 3.45. The molecule has 0 saturated heterocycles. The highest BCUT2D eigenvalue weighted by Gasteiger charge is 2.35. The van der Waals surface area contributed by atoms with Crippen molar-refractivity contribution in [1.29, 1.82) is 0 Å². The van der Waals surface area contributed by atoms with E-state index in [-0.39, 0.29) is 23.6 Å². The molecule has 0 atom stereocenters. The first kappa shape index (κ1) is 20.8. The standard InChI is InChI=1S/C18H15F4N3O3S/c1-10(2)16-23-17(28-24-16)11-3-5-12(6-4-11)25-29(26,27)13-7-8-15(19)14(9-13)18(20,21)22/h3-10,25H,1-2H3. The minimum atomic E-state index is -5.02. The van der Waals surface area contributed by atoms with Crippen molar-refractivity contribution >= 4 is 15.7 Å². The first-order valence-corrected chi connectivity index (χ1v) is 9.79. The van der Waals surface area contributed by atoms with Gasteiger partial charge in [-0.3, -0.25) is 4.72 Å². The van der Waals surface area contributed by atoms with Crippen molar-refractivity contribution in [3.8, 4) is 11.5 Å². The SMILES string of the molecule is CC(C)c1noc(-c2ccc(NS(=O)(=O)c3ccc(F)c(C(F)(F)F)c3)cc2)n1. The molecule has 1 aromatic heterocycles. The van der Waals surface area contributed by atoms with Gasteiger partial charge in [-0.25, -0.2) is 12.8 Å². The van der Waals surface area contributed by atoms with Crippen LogP contribution in [0.1, 0.15) is 31.2 Å². The van der Waals surface area contributed by atoms with Gasteiger partial charge in [0.25, 0.3) is 15.9 Å². The van der Waals surface area contributed by atoms with E-state index in [9.17, 15) is 26.0 Å². The van der Waals surface area contributed by atoms with Gasteiger partial charge < -0.3 is 4.52 Å². The van der Waals surface area contributed by atoms with Crippen molar-refractivity contribution in [3.05, 3.63) is 59.7 Å². The molecule has 0 saturated carbocycles. The van der Waals surface area contributed by atoms with Crippen LogP contribution in [0.3, 0.4) is 0 Å². The van der Waals surface area contributed by atoms with E-state index in [4.69, 9.17) is 4.52 Å². The molecule has 0 radical (unpaired) electrons. The van der Waals surface area contributed by atoms with Gasteiger partial charge in [0.2, 0.25) is 0 Å². The third-order valence-corrected chi connectivity index (χ3v) is 5.27. The van der Waals surface area contributed by atoms with E-state index in [0.29, 0.717) is 17.5 Å². The second-order valence-electron chi connectivity index (χ2n) is 6.43. The topological polar surface area (TPSA) is 85.1 Å². The number of halogens is 4. The van der Waals surface area contributed by atoms with Crippen molar-refractivity contribution in [2.75, 3.05) is 4.72 Å². The average Bonchev–Trinajstić information content (AvgIpc) is 3.11. The zero-order chi connectivity index (χ0) is 21.4. The van der Waals surface area contributed by atoms with E-state index in [1.54, 1.807) is 0 Å². The average molecular weight is 429 g/mol. The highest BCUT2D eigenvalue weighted by Crippen LogP contribution is 2.33. The Hall–Kier alpha value is -2.95. The van der Waals surface area contributed by atoms with E-state index in [2.05, 4.69) is 14.9 Å². The molecule has 154 valence electrons. The Bertz CT molecular complexity index is 1120. The van der Waals surface area contributed by atoms with Gasteiger partial charge in [0.1, 0.15) is 5.82 Å². The summed E-state index contributed by atoms with van der Waals surface area (Å²) in [4.78, 5) is 3.50. The summed E-state index contributed by atoms with van der Waals surface area (Å²) >= 11 is 0. The van der Waals surface area contributed by atoms with Gasteiger partial charge in [-0.05, 0) is 42.5 Å². The molecule has 6 nitrogen and oxygen atoms in total. The molecular formula is C18H15F4N3O3S. The summed E-state index contributed by atoms with van der Waals surface area (Å²) in [5.74, 6) is -0.727. The quantitative estimate of drug-likeness (QED) is 0.588. The molecule has 2 aromatic carbocycles. The molecule has 1 N–H and O–H groups in total. The van der Waals surface area contributed by atoms with Gasteiger partial charge >= 0.3 is 6.18 Å². The second kappa shape index (κ2) is 7.47. The number of nitrogens with zero attached hydrogens (tertiary/aromatic N) is 2. The largest absolute Gasteiger partial charge is 0.419 e. The fraction of sp³-hybridized carbons (Fsp3) is 0.222. The van der Waals surface area contributed by atoms with Gasteiger partial charge in [0, 0.05) is 17.2 Å². The third kappa shape index (κ3) is 4.56. The minimum absolute atomic E-state index is 0.0656. The molecule has 0 fully saturated rings. The van der Waals surface area contributed by atoms with Crippen molar-refractivity contribution in [1.82, 2.24) is 10.1 Å². The third-order valence-electron chi connectivity index (χ3n) is 3.90. The summed E-state index contributed by atoms with van der Waals surface area (Å²) in [6.45, 7) is 3.79. The Morgan fingerprint density at radius 3 is 2.28 bits per heavy atom. The molecular weight excluding hydrogens is 414 g/mol. The lowest BCUT2D eigenvalue weighted by molar-refractivity contribution is -0.140. The van der Waals surface area contributed by atoms with Crippen LogP contribution in [0.25, 0.3) is 11.5 Å². The highest BCUT2D eigenvalue weighted by molar-refractivity contribution is 7.92. The smallest absolute Gasteiger partial charge is 0.334 e. The van der Waals surface area contributed by atoms with E-state index in [1.807, 2.05) is 13.8 Å². The molecule has 3 aromatic rings. The number of nitrogens with one attached hydrogen (secondary N) is 1. The molecule has 0 amide bonds. The number of benzene rings is 2. The van der Waals surface area contributed by atoms with Crippen molar-refractivity contribution in [3.63, 3.8) is 0 Å². The van der Waals surface area contributed by atoms with Crippen LogP contribution in [0.4, 0.5) is 23.2 Å². The van der Waals surface area contributed by atoms with Crippen LogP contribution in [0.2, 0.25) is 0 Å². The highest BCUT2D eigenvalue weighted by atomic mass is 32.2. The lowest BCUT2D eigenvalue weighted by Gasteiger charge is -2.12. The Balaban J connectivity index is 1.84. The maximum Gasteiger partial charge on any atom is 0.419 e. The maximum atomic E-state index is 13.4. The van der Waals surface area contributed by atoms with Crippen LogP contribution in [0, 0.1) is 5.82 Å². The van der Waals surface area contributed by atoms with Gasteiger partial charge in [-0.2, -0.15) is 18.2 Å². The van der Waals surface area contributed by atoms with Crippen molar-refractivity contribution in [2.24, 2.45) is 0 Å². The summed E-state index contributed by atoms with van der Waals surface area (Å²) in [7, 11) is -4.37. The van der Waals surface area contributed by atoms with Crippen LogP contribution in [-0.4, -0.2) is 18.6 Å². The Labute approximate surface area is 163 Å². The van der Waals surface area contributed by atoms with E-state index < -0.39 is 32.5 Å². The summed E-state index contributed by atoms with van der Waals surface area (Å²) in [5.41, 5.74) is -1.03. The molecule has 0 aliphatic carbocycles. The molecule has 11 heteroatoms. The van der Waals surface area contributed by atoms with Crippen molar-refractivity contribution in [2.45, 2.75) is 30.8 Å². The predicted octanol–water partition coefficient (Wildman–Crippen LogP) is 4.82. The number of sulfonamides is 1. The lowest BCUT2D eigenvalue weighted by Crippen LogP contribution is -2.15. The van der Waals surface area contributed by atoms with Gasteiger partial charge in [0.15, 0.2) is 5.82 Å². The summed E-state index contributed by atoms with van der Waals surface area (Å²) in [5, 5.41) is 3.83. The predicted molar refractivity (Wildman–Crippen MR) is 96.0 cm³/mol.